The van der Waals surface area contributed by atoms with Crippen molar-refractivity contribution in [3.05, 3.63) is 22.2 Å². The van der Waals surface area contributed by atoms with E-state index in [9.17, 15) is 9.59 Å². The van der Waals surface area contributed by atoms with Gasteiger partial charge in [0.25, 0.3) is 5.91 Å². The van der Waals surface area contributed by atoms with Crippen molar-refractivity contribution in [1.82, 2.24) is 0 Å². The van der Waals surface area contributed by atoms with Crippen molar-refractivity contribution in [3.63, 3.8) is 0 Å². The van der Waals surface area contributed by atoms with Gasteiger partial charge in [0.2, 0.25) is 0 Å². The van der Waals surface area contributed by atoms with E-state index in [2.05, 4.69) is 15.9 Å². The highest BCUT2D eigenvalue weighted by Gasteiger charge is 2.17. The summed E-state index contributed by atoms with van der Waals surface area (Å²) in [5.41, 5.74) is 5.69. The maximum Gasteiger partial charge on any atom is 0.311 e. The van der Waals surface area contributed by atoms with Crippen molar-refractivity contribution in [2.24, 2.45) is 5.73 Å². The lowest BCUT2D eigenvalue weighted by molar-refractivity contribution is -0.153. The van der Waals surface area contributed by atoms with Gasteiger partial charge in [-0.3, -0.25) is 9.59 Å². The molecule has 110 valence electrons. The largest absolute Gasteiger partial charge is 0.493 e. The third kappa shape index (κ3) is 4.12. The SMILES string of the molecule is COc1cc(Br)c(CC(=O)OC(C)C(N)=O)cc1OC. The number of hydrogen-bond acceptors (Lipinski definition) is 5. The molecule has 0 radical (unpaired) electrons. The number of ether oxygens (including phenoxy) is 3. The summed E-state index contributed by atoms with van der Waals surface area (Å²) in [7, 11) is 3.02. The van der Waals surface area contributed by atoms with Crippen LogP contribution in [0.4, 0.5) is 0 Å². The summed E-state index contributed by atoms with van der Waals surface area (Å²) in [4.78, 5) is 22.5. The molecule has 1 aromatic carbocycles. The van der Waals surface area contributed by atoms with E-state index in [1.165, 1.54) is 21.1 Å². The normalized spacial score (nSPS) is 11.6. The number of carbonyl (C=O) groups excluding carboxylic acids is 2. The van der Waals surface area contributed by atoms with Gasteiger partial charge >= 0.3 is 5.97 Å². The molecule has 0 aliphatic rings. The zero-order valence-corrected chi connectivity index (χ0v) is 13.0. The van der Waals surface area contributed by atoms with E-state index in [0.717, 1.165) is 0 Å². The van der Waals surface area contributed by atoms with Crippen LogP contribution in [0, 0.1) is 0 Å². The Hall–Kier alpha value is -1.76. The van der Waals surface area contributed by atoms with Gasteiger partial charge in [0.1, 0.15) is 0 Å². The summed E-state index contributed by atoms with van der Waals surface area (Å²) in [5.74, 6) is -0.197. The van der Waals surface area contributed by atoms with Crippen LogP contribution in [0.15, 0.2) is 16.6 Å². The van der Waals surface area contributed by atoms with Gasteiger partial charge in [-0.15, -0.1) is 0 Å². The standard InChI is InChI=1S/C13H16BrNO5/c1-7(13(15)17)20-12(16)5-8-4-10(18-2)11(19-3)6-9(8)14/h4,6-7H,5H2,1-3H3,(H2,15,17). The highest BCUT2D eigenvalue weighted by Crippen LogP contribution is 2.33. The summed E-state index contributed by atoms with van der Waals surface area (Å²) >= 11 is 3.34. The Morgan fingerprint density at radius 1 is 1.25 bits per heavy atom. The fourth-order valence-electron chi connectivity index (χ4n) is 1.48. The maximum atomic E-state index is 11.7. The molecular weight excluding hydrogens is 330 g/mol. The molecule has 0 spiro atoms. The quantitative estimate of drug-likeness (QED) is 0.788. The number of amides is 1. The monoisotopic (exact) mass is 345 g/mol. The molecule has 6 nitrogen and oxygen atoms in total. The Morgan fingerprint density at radius 2 is 1.80 bits per heavy atom. The number of rotatable bonds is 6. The number of primary amides is 1. The second kappa shape index (κ2) is 7.14. The van der Waals surface area contributed by atoms with E-state index in [4.69, 9.17) is 19.9 Å². The topological polar surface area (TPSA) is 87.9 Å². The highest BCUT2D eigenvalue weighted by molar-refractivity contribution is 9.10. The lowest BCUT2D eigenvalue weighted by atomic mass is 10.1. The van der Waals surface area contributed by atoms with Crippen LogP contribution < -0.4 is 15.2 Å². The molecule has 1 aromatic rings. The molecule has 1 amide bonds. The Morgan fingerprint density at radius 3 is 2.30 bits per heavy atom. The van der Waals surface area contributed by atoms with E-state index in [-0.39, 0.29) is 6.42 Å². The van der Waals surface area contributed by atoms with Crippen molar-refractivity contribution in [1.29, 1.82) is 0 Å². The van der Waals surface area contributed by atoms with E-state index >= 15 is 0 Å². The Balaban J connectivity index is 2.87. The Kier molecular flexibility index (Phi) is 5.82. The summed E-state index contributed by atoms with van der Waals surface area (Å²) in [6, 6.07) is 3.36. The molecule has 0 heterocycles. The molecule has 1 rings (SSSR count). The molecule has 0 aromatic heterocycles. The van der Waals surface area contributed by atoms with E-state index in [0.29, 0.717) is 21.5 Å². The molecule has 0 saturated carbocycles. The van der Waals surface area contributed by atoms with Crippen LogP contribution in [-0.2, 0) is 20.7 Å². The van der Waals surface area contributed by atoms with Crippen LogP contribution in [0.25, 0.3) is 0 Å². The molecule has 2 N–H and O–H groups in total. The Bertz CT molecular complexity index is 518. The van der Waals surface area contributed by atoms with Crippen LogP contribution in [0.3, 0.4) is 0 Å². The molecule has 0 fully saturated rings. The van der Waals surface area contributed by atoms with Crippen LogP contribution in [0.2, 0.25) is 0 Å². The van der Waals surface area contributed by atoms with Gasteiger partial charge in [0.15, 0.2) is 17.6 Å². The van der Waals surface area contributed by atoms with Crippen LogP contribution in [0.1, 0.15) is 12.5 Å². The van der Waals surface area contributed by atoms with Crippen molar-refractivity contribution in [2.75, 3.05) is 14.2 Å². The smallest absolute Gasteiger partial charge is 0.311 e. The summed E-state index contributed by atoms with van der Waals surface area (Å²) < 4.78 is 15.9. The van der Waals surface area contributed by atoms with Crippen LogP contribution in [0.5, 0.6) is 11.5 Å². The third-order valence-electron chi connectivity index (χ3n) is 2.60. The number of methoxy groups -OCH3 is 2. The molecule has 0 aliphatic heterocycles. The summed E-state index contributed by atoms with van der Waals surface area (Å²) in [5, 5.41) is 0. The molecule has 0 saturated heterocycles. The van der Waals surface area contributed by atoms with Gasteiger partial charge in [-0.25, -0.2) is 0 Å². The zero-order valence-electron chi connectivity index (χ0n) is 11.4. The average Bonchev–Trinajstić information content (AvgIpc) is 2.40. The number of carbonyl (C=O) groups is 2. The molecule has 1 unspecified atom stereocenters. The number of halogens is 1. The van der Waals surface area contributed by atoms with Crippen molar-refractivity contribution < 1.29 is 23.8 Å². The van der Waals surface area contributed by atoms with Crippen molar-refractivity contribution in [3.8, 4) is 11.5 Å². The minimum Gasteiger partial charge on any atom is -0.493 e. The van der Waals surface area contributed by atoms with Crippen molar-refractivity contribution >= 4 is 27.8 Å². The van der Waals surface area contributed by atoms with Crippen molar-refractivity contribution in [2.45, 2.75) is 19.4 Å². The number of benzene rings is 1. The first-order valence-electron chi connectivity index (χ1n) is 5.78. The summed E-state index contributed by atoms with van der Waals surface area (Å²) in [6.07, 6.45) is -0.972. The average molecular weight is 346 g/mol. The Labute approximate surface area is 125 Å². The fraction of sp³-hybridized carbons (Fsp3) is 0.385. The summed E-state index contributed by atoms with van der Waals surface area (Å²) in [6.45, 7) is 1.42. The molecule has 20 heavy (non-hydrogen) atoms. The number of hydrogen-bond donors (Lipinski definition) is 1. The molecule has 0 aliphatic carbocycles. The second-order valence-corrected chi connectivity index (χ2v) is 4.86. The minimum atomic E-state index is -0.957. The molecular formula is C13H16BrNO5. The van der Waals surface area contributed by atoms with Gasteiger partial charge in [-0.05, 0) is 24.6 Å². The lowest BCUT2D eigenvalue weighted by Crippen LogP contribution is -2.31. The number of esters is 1. The maximum absolute atomic E-state index is 11.7. The van der Waals surface area contributed by atoms with E-state index in [1.54, 1.807) is 12.1 Å². The lowest BCUT2D eigenvalue weighted by Gasteiger charge is -2.13. The van der Waals surface area contributed by atoms with Gasteiger partial charge in [0.05, 0.1) is 20.6 Å². The van der Waals surface area contributed by atoms with Gasteiger partial charge < -0.3 is 19.9 Å². The van der Waals surface area contributed by atoms with Crippen LogP contribution in [-0.4, -0.2) is 32.2 Å². The first-order valence-corrected chi connectivity index (χ1v) is 6.57. The van der Waals surface area contributed by atoms with E-state index < -0.39 is 18.0 Å². The zero-order chi connectivity index (χ0) is 15.3. The van der Waals surface area contributed by atoms with Crippen LogP contribution >= 0.6 is 15.9 Å². The highest BCUT2D eigenvalue weighted by atomic mass is 79.9. The van der Waals surface area contributed by atoms with E-state index in [1.807, 2.05) is 0 Å². The van der Waals surface area contributed by atoms with Gasteiger partial charge in [0, 0.05) is 4.47 Å². The predicted octanol–water partition coefficient (Wildman–Crippen LogP) is 1.43. The minimum absolute atomic E-state index is 0.0153. The first-order chi connectivity index (χ1) is 9.38. The molecule has 0 bridgehead atoms. The first kappa shape index (κ1) is 16.3. The fourth-order valence-corrected chi connectivity index (χ4v) is 1.95. The number of nitrogens with two attached hydrogens (primary N) is 1. The van der Waals surface area contributed by atoms with Gasteiger partial charge in [-0.1, -0.05) is 15.9 Å². The second-order valence-electron chi connectivity index (χ2n) is 4.01. The third-order valence-corrected chi connectivity index (χ3v) is 3.33. The molecule has 7 heteroatoms. The predicted molar refractivity (Wildman–Crippen MR) is 75.7 cm³/mol. The van der Waals surface area contributed by atoms with Gasteiger partial charge in [-0.2, -0.15) is 0 Å². The molecule has 1 atom stereocenters.